The predicted octanol–water partition coefficient (Wildman–Crippen LogP) is 6.27. The Kier molecular flexibility index (Phi) is 16.2. The van der Waals surface area contributed by atoms with Gasteiger partial charge in [0.15, 0.2) is 0 Å². The Morgan fingerprint density at radius 2 is 1.14 bits per heavy atom. The molecule has 0 amide bonds. The van der Waals surface area contributed by atoms with Gasteiger partial charge in [-0.05, 0) is 44.9 Å². The van der Waals surface area contributed by atoms with Crippen LogP contribution < -0.4 is 0 Å². The highest BCUT2D eigenvalue weighted by atomic mass is 16.4. The van der Waals surface area contributed by atoms with Crippen molar-refractivity contribution in [1.29, 1.82) is 0 Å². The van der Waals surface area contributed by atoms with E-state index in [1.165, 1.54) is 64.2 Å². The van der Waals surface area contributed by atoms with Crippen LogP contribution in [0.5, 0.6) is 0 Å². The highest BCUT2D eigenvalue weighted by molar-refractivity contribution is 5.66. The highest BCUT2D eigenvalue weighted by Gasteiger charge is 1.95. The summed E-state index contributed by atoms with van der Waals surface area (Å²) in [5.41, 5.74) is 0. The van der Waals surface area contributed by atoms with Crippen LogP contribution in [0.4, 0.5) is 0 Å². The van der Waals surface area contributed by atoms with Crippen LogP contribution in [0.2, 0.25) is 0 Å². The summed E-state index contributed by atoms with van der Waals surface area (Å²) in [6.07, 6.45) is 22.7. The van der Waals surface area contributed by atoms with Gasteiger partial charge in [-0.2, -0.15) is 0 Å². The van der Waals surface area contributed by atoms with Gasteiger partial charge < -0.3 is 5.11 Å². The molecule has 0 aliphatic heterocycles. The van der Waals surface area contributed by atoms with Gasteiger partial charge in [0, 0.05) is 6.42 Å². The average molecular weight is 294 g/mol. The SMILES string of the molecule is C=CCCCCCCCC=CCCCCCCCC(=O)O. The summed E-state index contributed by atoms with van der Waals surface area (Å²) >= 11 is 0. The van der Waals surface area contributed by atoms with E-state index in [1.54, 1.807) is 0 Å². The first-order valence-corrected chi connectivity index (χ1v) is 8.75. The maximum absolute atomic E-state index is 10.3. The molecule has 0 rings (SSSR count). The van der Waals surface area contributed by atoms with E-state index < -0.39 is 5.97 Å². The standard InChI is InChI=1S/C19H34O2/c1-2-3-4-5-6-7-8-9-10-11-12-13-14-15-16-17-18-19(20)21/h2,10-11H,1,3-9,12-18H2,(H,20,21). The van der Waals surface area contributed by atoms with E-state index in [9.17, 15) is 4.79 Å². The molecule has 0 aliphatic rings. The first-order valence-electron chi connectivity index (χ1n) is 8.75. The summed E-state index contributed by atoms with van der Waals surface area (Å²) in [7, 11) is 0. The number of carboxylic acid groups (broad SMARTS) is 1. The topological polar surface area (TPSA) is 37.3 Å². The second kappa shape index (κ2) is 17.0. The lowest BCUT2D eigenvalue weighted by molar-refractivity contribution is -0.137. The normalized spacial score (nSPS) is 11.0. The van der Waals surface area contributed by atoms with Crippen molar-refractivity contribution < 1.29 is 9.90 Å². The molecule has 0 aliphatic carbocycles. The van der Waals surface area contributed by atoms with Crippen LogP contribution in [0.25, 0.3) is 0 Å². The maximum atomic E-state index is 10.3. The summed E-state index contributed by atoms with van der Waals surface area (Å²) < 4.78 is 0. The highest BCUT2D eigenvalue weighted by Crippen LogP contribution is 2.10. The third-order valence-electron chi connectivity index (χ3n) is 3.71. The van der Waals surface area contributed by atoms with Crippen molar-refractivity contribution in [3.63, 3.8) is 0 Å². The Bertz CT molecular complexity index is 269. The van der Waals surface area contributed by atoms with E-state index in [0.29, 0.717) is 6.42 Å². The number of carboxylic acids is 1. The van der Waals surface area contributed by atoms with Gasteiger partial charge in [-0.25, -0.2) is 0 Å². The van der Waals surface area contributed by atoms with Crippen molar-refractivity contribution in [2.75, 3.05) is 0 Å². The molecule has 122 valence electrons. The van der Waals surface area contributed by atoms with Crippen molar-refractivity contribution in [3.05, 3.63) is 24.8 Å². The molecular formula is C19H34O2. The quantitative estimate of drug-likeness (QED) is 0.269. The van der Waals surface area contributed by atoms with Crippen LogP contribution in [-0.2, 0) is 4.79 Å². The fourth-order valence-electron chi connectivity index (χ4n) is 2.39. The number of allylic oxidation sites excluding steroid dienone is 3. The largest absolute Gasteiger partial charge is 0.481 e. The Hall–Kier alpha value is -1.05. The molecule has 21 heavy (non-hydrogen) atoms. The zero-order valence-electron chi connectivity index (χ0n) is 13.7. The first-order chi connectivity index (χ1) is 10.3. The molecule has 0 heterocycles. The van der Waals surface area contributed by atoms with E-state index in [-0.39, 0.29) is 0 Å². The van der Waals surface area contributed by atoms with Gasteiger partial charge in [-0.1, -0.05) is 56.8 Å². The molecule has 1 N–H and O–H groups in total. The second-order valence-corrected chi connectivity index (χ2v) is 5.81. The molecule has 0 aromatic carbocycles. The molecule has 0 fully saturated rings. The number of aliphatic carboxylic acids is 1. The van der Waals surface area contributed by atoms with Crippen LogP contribution in [0.1, 0.15) is 89.9 Å². The summed E-state index contributed by atoms with van der Waals surface area (Å²) in [6, 6.07) is 0. The molecule has 2 heteroatoms. The Balaban J connectivity index is 3.08. The molecular weight excluding hydrogens is 260 g/mol. The average Bonchev–Trinajstić information content (AvgIpc) is 2.46. The van der Waals surface area contributed by atoms with Crippen molar-refractivity contribution >= 4 is 5.97 Å². The fraction of sp³-hybridized carbons (Fsp3) is 0.737. The van der Waals surface area contributed by atoms with Gasteiger partial charge in [0.05, 0.1) is 0 Å². The maximum Gasteiger partial charge on any atom is 0.303 e. The number of hydrogen-bond acceptors (Lipinski definition) is 1. The summed E-state index contributed by atoms with van der Waals surface area (Å²) in [6.45, 7) is 3.74. The van der Waals surface area contributed by atoms with Gasteiger partial charge >= 0.3 is 5.97 Å². The lowest BCUT2D eigenvalue weighted by Gasteiger charge is -1.99. The fourth-order valence-corrected chi connectivity index (χ4v) is 2.39. The molecule has 0 spiro atoms. The van der Waals surface area contributed by atoms with E-state index in [4.69, 9.17) is 5.11 Å². The number of carbonyl (C=O) groups is 1. The molecule has 0 aromatic heterocycles. The van der Waals surface area contributed by atoms with Gasteiger partial charge in [0.1, 0.15) is 0 Å². The van der Waals surface area contributed by atoms with Crippen molar-refractivity contribution in [3.8, 4) is 0 Å². The molecule has 0 saturated carbocycles. The minimum atomic E-state index is -0.668. The zero-order valence-corrected chi connectivity index (χ0v) is 13.7. The minimum Gasteiger partial charge on any atom is -0.481 e. The van der Waals surface area contributed by atoms with Gasteiger partial charge in [0.2, 0.25) is 0 Å². The molecule has 0 bridgehead atoms. The van der Waals surface area contributed by atoms with Crippen LogP contribution in [0.3, 0.4) is 0 Å². The minimum absolute atomic E-state index is 0.327. The number of hydrogen-bond donors (Lipinski definition) is 1. The molecule has 0 aromatic rings. The van der Waals surface area contributed by atoms with Crippen LogP contribution in [0, 0.1) is 0 Å². The Morgan fingerprint density at radius 3 is 1.62 bits per heavy atom. The van der Waals surface area contributed by atoms with Crippen molar-refractivity contribution in [2.24, 2.45) is 0 Å². The smallest absolute Gasteiger partial charge is 0.303 e. The third-order valence-corrected chi connectivity index (χ3v) is 3.71. The van der Waals surface area contributed by atoms with Crippen LogP contribution >= 0.6 is 0 Å². The van der Waals surface area contributed by atoms with Crippen LogP contribution in [-0.4, -0.2) is 11.1 Å². The lowest BCUT2D eigenvalue weighted by Crippen LogP contribution is -1.93. The molecule has 0 saturated heterocycles. The summed E-state index contributed by atoms with van der Waals surface area (Å²) in [4.78, 5) is 10.3. The lowest BCUT2D eigenvalue weighted by atomic mass is 10.1. The van der Waals surface area contributed by atoms with E-state index >= 15 is 0 Å². The molecule has 0 unspecified atom stereocenters. The summed E-state index contributed by atoms with van der Waals surface area (Å²) in [5, 5.41) is 8.52. The van der Waals surface area contributed by atoms with Gasteiger partial charge in [-0.15, -0.1) is 6.58 Å². The molecule has 0 atom stereocenters. The third kappa shape index (κ3) is 18.9. The van der Waals surface area contributed by atoms with Gasteiger partial charge in [-0.3, -0.25) is 4.79 Å². The number of rotatable bonds is 16. The van der Waals surface area contributed by atoms with E-state index in [1.807, 2.05) is 6.08 Å². The Labute approximate surface area is 131 Å². The van der Waals surface area contributed by atoms with E-state index in [2.05, 4.69) is 18.7 Å². The Morgan fingerprint density at radius 1 is 0.714 bits per heavy atom. The van der Waals surface area contributed by atoms with Crippen LogP contribution in [0.15, 0.2) is 24.8 Å². The zero-order chi connectivity index (χ0) is 15.6. The van der Waals surface area contributed by atoms with Gasteiger partial charge in [0.25, 0.3) is 0 Å². The summed E-state index contributed by atoms with van der Waals surface area (Å²) in [5.74, 6) is -0.668. The molecule has 2 nitrogen and oxygen atoms in total. The second-order valence-electron chi connectivity index (χ2n) is 5.81. The van der Waals surface area contributed by atoms with Crippen molar-refractivity contribution in [1.82, 2.24) is 0 Å². The monoisotopic (exact) mass is 294 g/mol. The molecule has 0 radical (unpaired) electrons. The number of unbranched alkanes of at least 4 members (excludes halogenated alkanes) is 11. The van der Waals surface area contributed by atoms with Crippen molar-refractivity contribution in [2.45, 2.75) is 89.9 Å². The first kappa shape index (κ1) is 19.9. The predicted molar refractivity (Wildman–Crippen MR) is 91.6 cm³/mol. The van der Waals surface area contributed by atoms with E-state index in [0.717, 1.165) is 19.3 Å².